The maximum Gasteiger partial charge on any atom is 0.121 e. The summed E-state index contributed by atoms with van der Waals surface area (Å²) in [6, 6.07) is 4.07. The average Bonchev–Trinajstić information content (AvgIpc) is 3.07. The Bertz CT molecular complexity index is 526. The van der Waals surface area contributed by atoms with Crippen molar-refractivity contribution in [3.63, 3.8) is 0 Å². The van der Waals surface area contributed by atoms with Crippen molar-refractivity contribution in [3.05, 3.63) is 42.2 Å². The van der Waals surface area contributed by atoms with Gasteiger partial charge in [-0.3, -0.25) is 4.98 Å². The molecular weight excluding hydrogens is 210 g/mol. The highest BCUT2D eigenvalue weighted by molar-refractivity contribution is 5.68. The number of hydrogen-bond donors (Lipinski definition) is 0. The molecule has 3 rings (SSSR count). The van der Waals surface area contributed by atoms with Crippen LogP contribution in [0.15, 0.2) is 25.3 Å². The van der Waals surface area contributed by atoms with E-state index >= 15 is 0 Å². The number of pyridine rings is 1. The third-order valence-electron chi connectivity index (χ3n) is 3.99. The topological polar surface area (TPSA) is 22.1 Å². The van der Waals surface area contributed by atoms with Gasteiger partial charge in [0.25, 0.3) is 0 Å². The lowest BCUT2D eigenvalue weighted by Gasteiger charge is -2.33. The van der Waals surface area contributed by atoms with Crippen LogP contribution in [0.4, 0.5) is 0 Å². The third-order valence-corrected chi connectivity index (χ3v) is 3.99. The van der Waals surface area contributed by atoms with E-state index in [4.69, 9.17) is 9.72 Å². The van der Waals surface area contributed by atoms with E-state index in [1.807, 2.05) is 13.0 Å². The first-order chi connectivity index (χ1) is 8.04. The molecule has 2 aliphatic rings. The normalized spacial score (nSPS) is 24.1. The zero-order chi connectivity index (χ0) is 12.2. The molecule has 1 fully saturated rings. The van der Waals surface area contributed by atoms with Crippen LogP contribution in [0.25, 0.3) is 11.3 Å². The van der Waals surface area contributed by atoms with Gasteiger partial charge in [-0.05, 0) is 44.4 Å². The van der Waals surface area contributed by atoms with Gasteiger partial charge in [0, 0.05) is 5.56 Å². The summed E-state index contributed by atoms with van der Waals surface area (Å²) in [5.74, 6) is 0.755. The van der Waals surface area contributed by atoms with Crippen LogP contribution in [0.3, 0.4) is 0 Å². The molecule has 0 amide bonds. The molecule has 1 unspecified atom stereocenters. The summed E-state index contributed by atoms with van der Waals surface area (Å²) < 4.78 is 5.83. The monoisotopic (exact) mass is 227 g/mol. The summed E-state index contributed by atoms with van der Waals surface area (Å²) in [5.41, 5.74) is 4.37. The molecule has 0 aromatic carbocycles. The zero-order valence-electron chi connectivity index (χ0n) is 10.4. The molecule has 1 spiro atoms. The van der Waals surface area contributed by atoms with Crippen molar-refractivity contribution in [1.29, 1.82) is 0 Å². The van der Waals surface area contributed by atoms with E-state index < -0.39 is 0 Å². The summed E-state index contributed by atoms with van der Waals surface area (Å²) in [4.78, 5) is 4.79. The minimum Gasteiger partial charge on any atom is -0.490 e. The Labute approximate surface area is 102 Å². The van der Waals surface area contributed by atoms with Gasteiger partial charge in [-0.1, -0.05) is 13.2 Å². The van der Waals surface area contributed by atoms with Gasteiger partial charge in [0.1, 0.15) is 11.9 Å². The molecule has 0 bridgehead atoms. The van der Waals surface area contributed by atoms with Gasteiger partial charge in [-0.2, -0.15) is 0 Å². The van der Waals surface area contributed by atoms with Gasteiger partial charge in [-0.25, -0.2) is 0 Å². The third kappa shape index (κ3) is 1.36. The zero-order valence-corrected chi connectivity index (χ0v) is 10.4. The minimum atomic E-state index is 0.141. The van der Waals surface area contributed by atoms with Crippen molar-refractivity contribution in [1.82, 2.24) is 4.98 Å². The van der Waals surface area contributed by atoms with Crippen molar-refractivity contribution in [2.75, 3.05) is 0 Å². The fourth-order valence-electron chi connectivity index (χ4n) is 2.66. The molecule has 2 heteroatoms. The lowest BCUT2D eigenvalue weighted by atomic mass is 9.88. The molecule has 17 heavy (non-hydrogen) atoms. The smallest absolute Gasteiger partial charge is 0.121 e. The molecule has 2 heterocycles. The number of nitrogens with zero attached hydrogens (tertiary/aromatic N) is 1. The second kappa shape index (κ2) is 3.22. The number of rotatable bonds is 1. The highest BCUT2D eigenvalue weighted by Gasteiger charge is 2.55. The van der Waals surface area contributed by atoms with Crippen molar-refractivity contribution in [2.24, 2.45) is 0 Å². The molecule has 88 valence electrons. The van der Waals surface area contributed by atoms with Crippen LogP contribution in [0.1, 0.15) is 43.6 Å². The summed E-state index contributed by atoms with van der Waals surface area (Å²) in [7, 11) is 0. The van der Waals surface area contributed by atoms with Gasteiger partial charge in [0.05, 0.1) is 16.8 Å². The standard InChI is InChI=1S/C15H17NO/c1-9(2)13-6-5-12-10(3)17-11(4)15(7-8-15)14(12)16-13/h5-6,11H,1,3,7-8H2,2,4H3. The Kier molecular flexibility index (Phi) is 2.00. The molecule has 0 radical (unpaired) electrons. The van der Waals surface area contributed by atoms with E-state index in [1.165, 1.54) is 18.5 Å². The van der Waals surface area contributed by atoms with Crippen molar-refractivity contribution >= 4 is 11.3 Å². The van der Waals surface area contributed by atoms with Crippen LogP contribution in [0.5, 0.6) is 0 Å². The van der Waals surface area contributed by atoms with E-state index in [0.29, 0.717) is 0 Å². The molecule has 0 N–H and O–H groups in total. The number of fused-ring (bicyclic) bond motifs is 2. The predicted octanol–water partition coefficient (Wildman–Crippen LogP) is 3.54. The van der Waals surface area contributed by atoms with Crippen molar-refractivity contribution in [2.45, 2.75) is 38.2 Å². The first kappa shape index (κ1) is 10.6. The van der Waals surface area contributed by atoms with Gasteiger partial charge in [-0.15, -0.1) is 0 Å². The number of allylic oxidation sites excluding steroid dienone is 1. The molecular formula is C15H17NO. The quantitative estimate of drug-likeness (QED) is 0.732. The van der Waals surface area contributed by atoms with Crippen LogP contribution in [0, 0.1) is 0 Å². The largest absolute Gasteiger partial charge is 0.490 e. The summed E-state index contributed by atoms with van der Waals surface area (Å²) in [6.45, 7) is 12.1. The summed E-state index contributed by atoms with van der Waals surface area (Å²) >= 11 is 0. The van der Waals surface area contributed by atoms with E-state index in [0.717, 1.165) is 22.6 Å². The molecule has 2 nitrogen and oxygen atoms in total. The van der Waals surface area contributed by atoms with E-state index in [9.17, 15) is 0 Å². The average molecular weight is 227 g/mol. The Hall–Kier alpha value is -1.57. The highest BCUT2D eigenvalue weighted by Crippen LogP contribution is 2.56. The Morgan fingerprint density at radius 2 is 2.18 bits per heavy atom. The summed E-state index contributed by atoms with van der Waals surface area (Å²) in [5, 5.41) is 0. The molecule has 1 aliphatic carbocycles. The number of hydrogen-bond acceptors (Lipinski definition) is 2. The number of ether oxygens (including phenoxy) is 1. The SMILES string of the molecule is C=C(C)c1ccc2c(n1)C1(CC1)C(C)OC2=C. The Morgan fingerprint density at radius 1 is 1.47 bits per heavy atom. The maximum atomic E-state index is 5.83. The lowest BCUT2D eigenvalue weighted by molar-refractivity contribution is 0.130. The molecule has 1 aromatic heterocycles. The molecule has 1 aromatic rings. The molecule has 1 saturated carbocycles. The van der Waals surface area contributed by atoms with E-state index in [-0.39, 0.29) is 11.5 Å². The van der Waals surface area contributed by atoms with Gasteiger partial charge >= 0.3 is 0 Å². The fraction of sp³-hybridized carbons (Fsp3) is 0.400. The first-order valence-corrected chi connectivity index (χ1v) is 6.08. The molecule has 1 atom stereocenters. The van der Waals surface area contributed by atoms with Crippen LogP contribution in [-0.2, 0) is 10.2 Å². The maximum absolute atomic E-state index is 5.83. The van der Waals surface area contributed by atoms with Gasteiger partial charge < -0.3 is 4.74 Å². The van der Waals surface area contributed by atoms with Crippen LogP contribution < -0.4 is 0 Å². The second-order valence-electron chi connectivity index (χ2n) is 5.21. The van der Waals surface area contributed by atoms with Crippen LogP contribution in [0.2, 0.25) is 0 Å². The van der Waals surface area contributed by atoms with Gasteiger partial charge in [0.2, 0.25) is 0 Å². The Morgan fingerprint density at radius 3 is 2.76 bits per heavy atom. The Balaban J connectivity index is 2.19. The summed E-state index contributed by atoms with van der Waals surface area (Å²) in [6.07, 6.45) is 2.53. The highest BCUT2D eigenvalue weighted by atomic mass is 16.5. The molecule has 1 aliphatic heterocycles. The van der Waals surface area contributed by atoms with E-state index in [2.05, 4.69) is 26.1 Å². The van der Waals surface area contributed by atoms with Crippen molar-refractivity contribution < 1.29 is 4.74 Å². The fourth-order valence-corrected chi connectivity index (χ4v) is 2.66. The lowest BCUT2D eigenvalue weighted by Crippen LogP contribution is -2.32. The molecule has 0 saturated heterocycles. The van der Waals surface area contributed by atoms with Crippen LogP contribution >= 0.6 is 0 Å². The van der Waals surface area contributed by atoms with Crippen molar-refractivity contribution in [3.8, 4) is 0 Å². The van der Waals surface area contributed by atoms with Crippen LogP contribution in [-0.4, -0.2) is 11.1 Å². The number of aromatic nitrogens is 1. The van der Waals surface area contributed by atoms with Gasteiger partial charge in [0.15, 0.2) is 0 Å². The second-order valence-corrected chi connectivity index (χ2v) is 5.21. The van der Waals surface area contributed by atoms with E-state index in [1.54, 1.807) is 0 Å². The first-order valence-electron chi connectivity index (χ1n) is 6.08. The minimum absolute atomic E-state index is 0.141. The predicted molar refractivity (Wildman–Crippen MR) is 69.4 cm³/mol.